The van der Waals surface area contributed by atoms with Crippen LogP contribution in [0.3, 0.4) is 0 Å². The Labute approximate surface area is 692 Å². The molecule has 1 aliphatic rings. The molecule has 0 aromatic heterocycles. The van der Waals surface area contributed by atoms with Crippen LogP contribution in [0.1, 0.15) is 65.2 Å². The van der Waals surface area contributed by atoms with Crippen LogP contribution in [0.2, 0.25) is 0 Å². The summed E-state index contributed by atoms with van der Waals surface area (Å²) >= 11 is 0. The van der Waals surface area contributed by atoms with E-state index < -0.39 is 133 Å². The summed E-state index contributed by atoms with van der Waals surface area (Å²) in [5.74, 6) is -2.31. The lowest BCUT2D eigenvalue weighted by Gasteiger charge is -2.49. The number of hydrogen-bond acceptors (Lipinski definition) is 20. The zero-order chi connectivity index (χ0) is 81.9. The van der Waals surface area contributed by atoms with Crippen molar-refractivity contribution in [2.24, 2.45) is 0 Å². The van der Waals surface area contributed by atoms with Gasteiger partial charge in [-0.15, -0.1) is 0 Å². The summed E-state index contributed by atoms with van der Waals surface area (Å²) in [6.07, 6.45) is -15.0. The van der Waals surface area contributed by atoms with E-state index in [0.29, 0.717) is 66.1 Å². The first-order valence-electron chi connectivity index (χ1n) is 39.0. The second-order valence-corrected chi connectivity index (χ2v) is 35.3. The van der Waals surface area contributed by atoms with E-state index in [1.807, 2.05) is 72.8 Å². The average molecular weight is 1680 g/mol. The molecule has 20 nitrogen and oxygen atoms in total. The number of carbonyl (C=O) groups excluding carboxylic acids is 2. The van der Waals surface area contributed by atoms with E-state index in [4.69, 9.17) is 63.8 Å². The minimum absolute atomic E-state index is 0.0693. The summed E-state index contributed by atoms with van der Waals surface area (Å²) in [6.45, 7) is -3.97. The molecule has 120 heavy (non-hydrogen) atoms. The molecule has 2 unspecified atom stereocenters. The van der Waals surface area contributed by atoms with Gasteiger partial charge in [0.05, 0.1) is 64.0 Å². The Morgan fingerprint density at radius 1 is 0.200 bits per heavy atom. The fourth-order valence-corrected chi connectivity index (χ4v) is 20.3. The summed E-state index contributed by atoms with van der Waals surface area (Å²) in [4.78, 5) is 33.8. The monoisotopic (exact) mass is 1680 g/mol. The molecule has 0 aliphatic heterocycles. The lowest BCUT2D eigenvalue weighted by Crippen LogP contribution is -2.67. The summed E-state index contributed by atoms with van der Waals surface area (Å²) < 4.78 is 165. The summed E-state index contributed by atoms with van der Waals surface area (Å²) in [5, 5.41) is 8.74. The first-order valence-corrected chi connectivity index (χ1v) is 44.9. The Morgan fingerprint density at radius 2 is 0.383 bits per heavy atom. The lowest BCUT2D eigenvalue weighted by atomic mass is 9.84. The van der Waals surface area contributed by atoms with Crippen molar-refractivity contribution in [1.29, 1.82) is 0 Å². The second kappa shape index (κ2) is 36.9. The molecule has 0 radical (unpaired) electrons. The van der Waals surface area contributed by atoms with E-state index in [1.54, 1.807) is 279 Å². The average Bonchev–Trinajstić information content (AvgIpc) is 0.730. The van der Waals surface area contributed by atoms with Crippen molar-refractivity contribution in [3.8, 4) is 0 Å². The number of ether oxygens (including phenoxy) is 2. The molecule has 0 N–H and O–H groups in total. The van der Waals surface area contributed by atoms with Gasteiger partial charge in [0.2, 0.25) is 0 Å². The van der Waals surface area contributed by atoms with Gasteiger partial charge in [0.15, 0.2) is 12.2 Å². The van der Waals surface area contributed by atoms with Gasteiger partial charge in [-0.1, -0.05) is 340 Å². The van der Waals surface area contributed by atoms with Crippen LogP contribution in [0.25, 0.3) is 64.6 Å². The molecule has 0 heterocycles. The Kier molecular flexibility index (Phi) is 25.0. The zero-order valence-electron chi connectivity index (χ0n) is 64.6. The Morgan fingerprint density at radius 3 is 0.608 bits per heavy atom. The van der Waals surface area contributed by atoms with Crippen molar-refractivity contribution >= 4 is 108 Å². The highest BCUT2D eigenvalue weighted by atomic mass is 31.2. The topological polar surface area (TPSA) is 232 Å². The molecule has 24 heteroatoms. The molecule has 1 saturated carbocycles. The lowest BCUT2D eigenvalue weighted by molar-refractivity contribution is -0.214. The number of phosphoric acid groups is 4. The molecular formula is C96H80O20P4. The molecule has 604 valence electrons. The fourth-order valence-electron chi connectivity index (χ4n) is 14.9. The SMILES string of the molecule is O=C(O[C@@H]1C(OP(=O)(OCc2ccccc2)OCc2ccccc2)[C@H](OC(=O)c2ccc3ccc4cccc5ccc2c3c45)[C@@H](OP(=O)(OCc2ccccc2)OCc2ccccc2)C(OP(=O)(OCc2ccccc2)OCc2ccccc2)[C@H]1OP(=O)(OCc1ccccc1)OCc1ccccc1)c1ccc2ccc3cccc4ccc1c2c34. The van der Waals surface area contributed by atoms with Gasteiger partial charge < -0.3 is 9.47 Å². The summed E-state index contributed by atoms with van der Waals surface area (Å²) in [5.41, 5.74) is 3.59. The van der Waals surface area contributed by atoms with Crippen LogP contribution in [0, 0.1) is 0 Å². The van der Waals surface area contributed by atoms with Crippen molar-refractivity contribution < 1.29 is 91.6 Å². The first-order chi connectivity index (χ1) is 58.7. The smallest absolute Gasteiger partial charge is 0.453 e. The molecule has 1 aliphatic carbocycles. The van der Waals surface area contributed by atoms with E-state index >= 15 is 27.8 Å². The standard InChI is InChI=1S/C96H80O20P4/c97-95(83-57-53-79-49-47-75-43-25-45-77-51-55-81(83)87(79)85(75)77)111-89-91(113-117(99,103-59-67-27-9-1-10-28-67)104-60-68-29-11-2-12-30-68)90(112-96(98)84-58-54-80-50-48-76-44-26-46-78-52-56-82(84)88(80)86(76)78)93(115-119(101,107-63-71-35-17-5-18-36-71)108-64-72-37-19-6-20-38-72)94(116-120(102,109-65-73-39-21-7-22-40-73)110-66-74-41-23-8-24-42-74)92(89)114-118(100,105-61-69-31-13-3-14-32-69)106-62-70-33-15-4-16-34-70/h1-58,89-94H,59-66H2/t89-,90+,91?,92+,93-,94?. The van der Waals surface area contributed by atoms with Crippen molar-refractivity contribution in [3.63, 3.8) is 0 Å². The van der Waals surface area contributed by atoms with Gasteiger partial charge in [0, 0.05) is 0 Å². The highest BCUT2D eigenvalue weighted by Crippen LogP contribution is 2.63. The quantitative estimate of drug-likeness (QED) is 0.0202. The molecular weight excluding hydrogens is 1600 g/mol. The molecule has 17 rings (SSSR count). The summed E-state index contributed by atoms with van der Waals surface area (Å²) in [6, 6.07) is 103. The number of benzene rings is 16. The van der Waals surface area contributed by atoms with E-state index in [2.05, 4.69) is 0 Å². The Balaban J connectivity index is 0.938. The molecule has 6 atom stereocenters. The molecule has 0 amide bonds. The van der Waals surface area contributed by atoms with E-state index in [9.17, 15) is 0 Å². The Bertz CT molecular complexity index is 5890. The van der Waals surface area contributed by atoms with Crippen LogP contribution < -0.4 is 0 Å². The second-order valence-electron chi connectivity index (χ2n) is 28.8. The number of rotatable bonds is 36. The van der Waals surface area contributed by atoms with Crippen LogP contribution in [0.4, 0.5) is 0 Å². The number of phosphoric ester groups is 4. The minimum Gasteiger partial charge on any atom is -0.453 e. The van der Waals surface area contributed by atoms with Gasteiger partial charge in [0.1, 0.15) is 24.4 Å². The maximum atomic E-state index is 17.2. The van der Waals surface area contributed by atoms with Gasteiger partial charge in [-0.3, -0.25) is 54.3 Å². The molecule has 0 bridgehead atoms. The predicted octanol–water partition coefficient (Wildman–Crippen LogP) is 24.0. The minimum atomic E-state index is -5.53. The van der Waals surface area contributed by atoms with Crippen molar-refractivity contribution in [1.82, 2.24) is 0 Å². The fraction of sp³-hybridized carbons (Fsp3) is 0.146. The highest BCUT2D eigenvalue weighted by Gasteiger charge is 2.64. The maximum absolute atomic E-state index is 17.2. The number of esters is 2. The molecule has 0 spiro atoms. The van der Waals surface area contributed by atoms with Crippen LogP contribution in [0.15, 0.2) is 352 Å². The summed E-state index contributed by atoms with van der Waals surface area (Å²) in [7, 11) is -22.1. The van der Waals surface area contributed by atoms with Crippen molar-refractivity contribution in [2.75, 3.05) is 0 Å². The third-order valence-electron chi connectivity index (χ3n) is 20.8. The van der Waals surface area contributed by atoms with E-state index in [1.165, 1.54) is 0 Å². The van der Waals surface area contributed by atoms with Gasteiger partial charge >= 0.3 is 43.2 Å². The Hall–Kier alpha value is -11.0. The van der Waals surface area contributed by atoms with Crippen LogP contribution in [0.5, 0.6) is 0 Å². The number of hydrogen-bond donors (Lipinski definition) is 0. The van der Waals surface area contributed by atoms with Crippen molar-refractivity contribution in [3.05, 3.63) is 407 Å². The van der Waals surface area contributed by atoms with Gasteiger partial charge in [-0.05, 0) is 121 Å². The third kappa shape index (κ3) is 19.1. The maximum Gasteiger partial charge on any atom is 0.475 e. The van der Waals surface area contributed by atoms with Crippen molar-refractivity contribution in [2.45, 2.75) is 89.5 Å². The van der Waals surface area contributed by atoms with Gasteiger partial charge in [-0.2, -0.15) is 0 Å². The van der Waals surface area contributed by atoms with Crippen LogP contribution in [-0.2, 0) is 135 Å². The zero-order valence-corrected chi connectivity index (χ0v) is 68.1. The van der Waals surface area contributed by atoms with Gasteiger partial charge in [-0.25, -0.2) is 27.8 Å². The first kappa shape index (κ1) is 81.3. The van der Waals surface area contributed by atoms with E-state index in [0.717, 1.165) is 43.1 Å². The number of carbonyl (C=O) groups is 2. The molecule has 1 fully saturated rings. The predicted molar refractivity (Wildman–Crippen MR) is 458 cm³/mol. The molecule has 0 saturated heterocycles. The third-order valence-corrected chi connectivity index (χ3v) is 26.4. The van der Waals surface area contributed by atoms with Gasteiger partial charge in [0.25, 0.3) is 0 Å². The molecule has 16 aromatic carbocycles. The van der Waals surface area contributed by atoms with Crippen LogP contribution in [-0.4, -0.2) is 48.6 Å². The van der Waals surface area contributed by atoms with Crippen LogP contribution >= 0.6 is 31.3 Å². The van der Waals surface area contributed by atoms with E-state index in [-0.39, 0.29) is 11.1 Å². The normalized spacial score (nSPS) is 16.7. The highest BCUT2D eigenvalue weighted by molar-refractivity contribution is 7.49. The largest absolute Gasteiger partial charge is 0.475 e. The molecule has 16 aromatic rings.